The van der Waals surface area contributed by atoms with Gasteiger partial charge in [0.05, 0.1) is 10.6 Å². The first-order chi connectivity index (χ1) is 12.8. The minimum Gasteiger partial charge on any atom is -0.456 e. The van der Waals surface area contributed by atoms with Crippen LogP contribution < -0.4 is 0 Å². The number of para-hydroxylation sites is 1. The van der Waals surface area contributed by atoms with Crippen LogP contribution in [0.1, 0.15) is 16.1 Å². The Labute approximate surface area is 155 Å². The monoisotopic (exact) mass is 360 g/mol. The lowest BCUT2D eigenvalue weighted by Crippen LogP contribution is -2.12. The van der Waals surface area contributed by atoms with Crippen LogP contribution in [0, 0.1) is 0 Å². The van der Waals surface area contributed by atoms with Crippen LogP contribution >= 0.6 is 11.3 Å². The van der Waals surface area contributed by atoms with Gasteiger partial charge in [-0.15, -0.1) is 11.3 Å². The molecule has 128 valence electrons. The molecule has 0 aliphatic rings. The average molecular weight is 360 g/mol. The largest absolute Gasteiger partial charge is 0.456 e. The molecule has 0 aliphatic heterocycles. The number of rotatable bonds is 5. The van der Waals surface area contributed by atoms with Gasteiger partial charge in [0, 0.05) is 6.07 Å². The first-order valence-corrected chi connectivity index (χ1v) is 9.09. The Morgan fingerprint density at radius 2 is 1.69 bits per heavy atom. The fraction of sp³-hybridized carbons (Fsp3) is 0.0476. The molecule has 0 atom stereocenters. The van der Waals surface area contributed by atoms with E-state index in [0.29, 0.717) is 5.69 Å². The molecule has 2 aromatic carbocycles. The van der Waals surface area contributed by atoms with Crippen LogP contribution in [0.5, 0.6) is 0 Å². The highest BCUT2D eigenvalue weighted by molar-refractivity contribution is 7.13. The van der Waals surface area contributed by atoms with Crippen molar-refractivity contribution in [3.63, 3.8) is 0 Å². The lowest BCUT2D eigenvalue weighted by molar-refractivity contribution is 0.0462. The van der Waals surface area contributed by atoms with Gasteiger partial charge in [-0.1, -0.05) is 54.6 Å². The molecule has 2 aromatic heterocycles. The molecule has 0 fully saturated rings. The van der Waals surface area contributed by atoms with Crippen molar-refractivity contribution in [2.45, 2.75) is 6.61 Å². The second kappa shape index (κ2) is 7.37. The summed E-state index contributed by atoms with van der Waals surface area (Å²) in [6.45, 7) is 0.230. The van der Waals surface area contributed by atoms with E-state index in [-0.39, 0.29) is 6.61 Å². The number of hydrogen-bond donors (Lipinski definition) is 0. The summed E-state index contributed by atoms with van der Waals surface area (Å²) in [5.41, 5.74) is 2.94. The van der Waals surface area contributed by atoms with Crippen molar-refractivity contribution in [2.24, 2.45) is 0 Å². The van der Waals surface area contributed by atoms with Crippen molar-refractivity contribution in [3.8, 4) is 16.3 Å². The quantitative estimate of drug-likeness (QED) is 0.473. The van der Waals surface area contributed by atoms with Gasteiger partial charge in [0.15, 0.2) is 5.69 Å². The molecule has 0 saturated heterocycles. The van der Waals surface area contributed by atoms with Gasteiger partial charge in [-0.05, 0) is 29.1 Å². The number of carbonyl (C=O) groups is 1. The van der Waals surface area contributed by atoms with Gasteiger partial charge in [-0.3, -0.25) is 0 Å². The molecular weight excluding hydrogens is 344 g/mol. The molecule has 0 unspecified atom stereocenters. The Bertz CT molecular complexity index is 993. The molecular formula is C21H16N2O2S. The Balaban J connectivity index is 1.66. The fourth-order valence-corrected chi connectivity index (χ4v) is 3.32. The number of nitrogens with zero attached hydrogens (tertiary/aromatic N) is 2. The zero-order chi connectivity index (χ0) is 17.8. The Morgan fingerprint density at radius 3 is 2.38 bits per heavy atom. The Morgan fingerprint density at radius 1 is 0.962 bits per heavy atom. The topological polar surface area (TPSA) is 44.1 Å². The van der Waals surface area contributed by atoms with Crippen molar-refractivity contribution in [1.29, 1.82) is 0 Å². The molecule has 0 spiro atoms. The highest BCUT2D eigenvalue weighted by atomic mass is 32.1. The molecule has 4 rings (SSSR count). The van der Waals surface area contributed by atoms with E-state index < -0.39 is 5.97 Å². The molecule has 0 amide bonds. The predicted molar refractivity (Wildman–Crippen MR) is 102 cm³/mol. The third-order valence-corrected chi connectivity index (χ3v) is 4.80. The zero-order valence-corrected chi connectivity index (χ0v) is 14.7. The highest BCUT2D eigenvalue weighted by Gasteiger charge is 2.19. The van der Waals surface area contributed by atoms with Gasteiger partial charge in [-0.2, -0.15) is 5.10 Å². The summed E-state index contributed by atoms with van der Waals surface area (Å²) in [4.78, 5) is 13.7. The zero-order valence-electron chi connectivity index (χ0n) is 13.9. The van der Waals surface area contributed by atoms with E-state index >= 15 is 0 Å². The number of hydrogen-bond acceptors (Lipinski definition) is 4. The van der Waals surface area contributed by atoms with E-state index in [9.17, 15) is 4.79 Å². The van der Waals surface area contributed by atoms with Crippen LogP contribution in [0.2, 0.25) is 0 Å². The third-order valence-electron chi connectivity index (χ3n) is 3.91. The summed E-state index contributed by atoms with van der Waals surface area (Å²) in [5, 5.41) is 6.62. The maximum atomic E-state index is 12.7. The van der Waals surface area contributed by atoms with Crippen LogP contribution in [0.15, 0.2) is 84.2 Å². The molecule has 4 aromatic rings. The summed E-state index contributed by atoms with van der Waals surface area (Å²) in [6.07, 6.45) is 0. The maximum absolute atomic E-state index is 12.7. The molecule has 0 N–H and O–H groups in total. The molecule has 5 heteroatoms. The number of benzene rings is 2. The van der Waals surface area contributed by atoms with Crippen molar-refractivity contribution in [3.05, 3.63) is 95.5 Å². The minimum atomic E-state index is -0.395. The molecule has 2 heterocycles. The van der Waals surface area contributed by atoms with Crippen molar-refractivity contribution in [1.82, 2.24) is 9.78 Å². The number of aromatic nitrogens is 2. The van der Waals surface area contributed by atoms with E-state index in [4.69, 9.17) is 4.74 Å². The van der Waals surface area contributed by atoms with Gasteiger partial charge in [-0.25, -0.2) is 9.48 Å². The summed E-state index contributed by atoms with van der Waals surface area (Å²) in [6, 6.07) is 25.0. The van der Waals surface area contributed by atoms with Crippen LogP contribution in [-0.2, 0) is 11.3 Å². The van der Waals surface area contributed by atoms with Crippen molar-refractivity contribution < 1.29 is 9.53 Å². The van der Waals surface area contributed by atoms with E-state index in [0.717, 1.165) is 21.8 Å². The number of thiophene rings is 1. The van der Waals surface area contributed by atoms with Gasteiger partial charge in [0.1, 0.15) is 12.3 Å². The fourth-order valence-electron chi connectivity index (χ4n) is 2.63. The van der Waals surface area contributed by atoms with E-state index in [1.807, 2.05) is 78.2 Å². The van der Waals surface area contributed by atoms with Crippen LogP contribution in [0.25, 0.3) is 16.3 Å². The molecule has 0 saturated carbocycles. The first-order valence-electron chi connectivity index (χ1n) is 8.22. The Kier molecular flexibility index (Phi) is 4.62. The predicted octanol–water partition coefficient (Wildman–Crippen LogP) is 4.96. The molecule has 4 nitrogen and oxygen atoms in total. The average Bonchev–Trinajstić information content (AvgIpc) is 3.37. The third kappa shape index (κ3) is 3.43. The minimum absolute atomic E-state index is 0.230. The Hall–Kier alpha value is -3.18. The van der Waals surface area contributed by atoms with E-state index in [1.54, 1.807) is 22.1 Å². The first kappa shape index (κ1) is 16.3. The summed E-state index contributed by atoms with van der Waals surface area (Å²) in [7, 11) is 0. The SMILES string of the molecule is O=C(OCc1ccccc1)c1cc(-c2cccs2)nn1-c1ccccc1. The summed E-state index contributed by atoms with van der Waals surface area (Å²) in [5.74, 6) is -0.395. The van der Waals surface area contributed by atoms with E-state index in [2.05, 4.69) is 5.10 Å². The second-order valence-electron chi connectivity index (χ2n) is 5.70. The standard InChI is InChI=1S/C21H16N2O2S/c24-21(25-15-16-8-3-1-4-9-16)19-14-18(20-12-7-13-26-20)22-23(19)17-10-5-2-6-11-17/h1-14H,15H2. The van der Waals surface area contributed by atoms with Gasteiger partial charge in [0.25, 0.3) is 0 Å². The van der Waals surface area contributed by atoms with Crippen molar-refractivity contribution >= 4 is 17.3 Å². The lowest BCUT2D eigenvalue weighted by atomic mass is 10.2. The summed E-state index contributed by atoms with van der Waals surface area (Å²) >= 11 is 1.59. The molecule has 0 bridgehead atoms. The number of ether oxygens (including phenoxy) is 1. The van der Waals surface area contributed by atoms with Gasteiger partial charge >= 0.3 is 5.97 Å². The maximum Gasteiger partial charge on any atom is 0.357 e. The van der Waals surface area contributed by atoms with Gasteiger partial charge < -0.3 is 4.74 Å². The van der Waals surface area contributed by atoms with Crippen LogP contribution in [0.3, 0.4) is 0 Å². The van der Waals surface area contributed by atoms with Crippen LogP contribution in [-0.4, -0.2) is 15.7 Å². The lowest BCUT2D eigenvalue weighted by Gasteiger charge is -2.08. The number of carbonyl (C=O) groups excluding carboxylic acids is 1. The van der Waals surface area contributed by atoms with E-state index in [1.165, 1.54) is 0 Å². The molecule has 0 radical (unpaired) electrons. The smallest absolute Gasteiger partial charge is 0.357 e. The second-order valence-corrected chi connectivity index (χ2v) is 6.65. The highest BCUT2D eigenvalue weighted by Crippen LogP contribution is 2.26. The molecule has 26 heavy (non-hydrogen) atoms. The summed E-state index contributed by atoms with van der Waals surface area (Å²) < 4.78 is 7.15. The number of esters is 1. The van der Waals surface area contributed by atoms with Crippen molar-refractivity contribution in [2.75, 3.05) is 0 Å². The van der Waals surface area contributed by atoms with Crippen LogP contribution in [0.4, 0.5) is 0 Å². The normalized spacial score (nSPS) is 10.6. The molecule has 0 aliphatic carbocycles. The van der Waals surface area contributed by atoms with Gasteiger partial charge in [0.2, 0.25) is 0 Å².